The molecule has 0 heterocycles. The zero-order valence-electron chi connectivity index (χ0n) is 12.6. The molecule has 104 valence electrons. The molecule has 0 aliphatic rings. The molecular weight excluding hydrogens is 232 g/mol. The van der Waals surface area contributed by atoms with Crippen LogP contribution < -0.4 is 0 Å². The van der Waals surface area contributed by atoms with Gasteiger partial charge in [0.05, 0.1) is 12.0 Å². The van der Waals surface area contributed by atoms with E-state index in [0.717, 1.165) is 25.2 Å². The van der Waals surface area contributed by atoms with Crippen molar-refractivity contribution in [3.63, 3.8) is 0 Å². The number of benzene rings is 1. The van der Waals surface area contributed by atoms with Crippen molar-refractivity contribution in [2.75, 3.05) is 19.6 Å². The predicted octanol–water partition coefficient (Wildman–Crippen LogP) is 3.91. The lowest BCUT2D eigenvalue weighted by molar-refractivity contribution is 0.216. The molecule has 1 aromatic carbocycles. The lowest BCUT2D eigenvalue weighted by Crippen LogP contribution is -2.34. The third kappa shape index (κ3) is 5.89. The van der Waals surface area contributed by atoms with Crippen molar-refractivity contribution in [2.24, 2.45) is 11.8 Å². The molecule has 0 N–H and O–H groups in total. The SMILES string of the molecule is CC(C)CN(CC(C)C)CC(C#N)c1ccccc1. The summed E-state index contributed by atoms with van der Waals surface area (Å²) in [4.78, 5) is 2.43. The molecule has 1 atom stereocenters. The van der Waals surface area contributed by atoms with Crippen molar-refractivity contribution in [3.05, 3.63) is 35.9 Å². The minimum atomic E-state index is -0.0290. The second-order valence-corrected chi connectivity index (χ2v) is 6.10. The molecule has 2 nitrogen and oxygen atoms in total. The van der Waals surface area contributed by atoms with Crippen LogP contribution in [0.15, 0.2) is 30.3 Å². The van der Waals surface area contributed by atoms with Gasteiger partial charge in [-0.05, 0) is 17.4 Å². The Bertz CT molecular complexity index is 379. The summed E-state index contributed by atoms with van der Waals surface area (Å²) >= 11 is 0. The van der Waals surface area contributed by atoms with Crippen molar-refractivity contribution in [2.45, 2.75) is 33.6 Å². The number of nitrogens with zero attached hydrogens (tertiary/aromatic N) is 2. The van der Waals surface area contributed by atoms with Crippen LogP contribution in [0.5, 0.6) is 0 Å². The smallest absolute Gasteiger partial charge is 0.0839 e. The lowest BCUT2D eigenvalue weighted by Gasteiger charge is -2.28. The van der Waals surface area contributed by atoms with Crippen LogP contribution >= 0.6 is 0 Å². The van der Waals surface area contributed by atoms with Gasteiger partial charge in [-0.2, -0.15) is 5.26 Å². The predicted molar refractivity (Wildman–Crippen MR) is 80.9 cm³/mol. The Balaban J connectivity index is 2.73. The lowest BCUT2D eigenvalue weighted by atomic mass is 9.99. The van der Waals surface area contributed by atoms with E-state index in [-0.39, 0.29) is 5.92 Å². The Hall–Kier alpha value is -1.33. The van der Waals surface area contributed by atoms with Gasteiger partial charge < -0.3 is 4.90 Å². The van der Waals surface area contributed by atoms with Gasteiger partial charge >= 0.3 is 0 Å². The van der Waals surface area contributed by atoms with Crippen LogP contribution in [0.2, 0.25) is 0 Å². The maximum atomic E-state index is 9.42. The molecule has 0 saturated heterocycles. The average molecular weight is 258 g/mol. The van der Waals surface area contributed by atoms with Crippen molar-refractivity contribution in [1.82, 2.24) is 4.90 Å². The molecule has 1 rings (SSSR count). The van der Waals surface area contributed by atoms with Crippen molar-refractivity contribution < 1.29 is 0 Å². The molecule has 0 radical (unpaired) electrons. The summed E-state index contributed by atoms with van der Waals surface area (Å²) in [5.41, 5.74) is 1.13. The molecule has 1 unspecified atom stereocenters. The molecule has 0 bridgehead atoms. The zero-order valence-corrected chi connectivity index (χ0v) is 12.6. The van der Waals surface area contributed by atoms with E-state index in [1.165, 1.54) is 0 Å². The van der Waals surface area contributed by atoms with Crippen LogP contribution in [0.1, 0.15) is 39.2 Å². The molecule has 0 fully saturated rings. The standard InChI is InChI=1S/C17H26N2/c1-14(2)11-19(12-15(3)4)13-17(10-18)16-8-6-5-7-9-16/h5-9,14-15,17H,11-13H2,1-4H3. The van der Waals surface area contributed by atoms with Gasteiger partial charge in [-0.15, -0.1) is 0 Å². The highest BCUT2D eigenvalue weighted by atomic mass is 15.1. The summed E-state index contributed by atoms with van der Waals surface area (Å²) in [5.74, 6) is 1.24. The second-order valence-electron chi connectivity index (χ2n) is 6.10. The number of rotatable bonds is 7. The molecule has 2 heteroatoms. The topological polar surface area (TPSA) is 27.0 Å². The highest BCUT2D eigenvalue weighted by Crippen LogP contribution is 2.17. The molecular formula is C17H26N2. The third-order valence-electron chi connectivity index (χ3n) is 3.05. The summed E-state index contributed by atoms with van der Waals surface area (Å²) in [6.07, 6.45) is 0. The van der Waals surface area contributed by atoms with Crippen molar-refractivity contribution >= 4 is 0 Å². The van der Waals surface area contributed by atoms with Gasteiger partial charge in [0.15, 0.2) is 0 Å². The minimum Gasteiger partial charge on any atom is -0.301 e. The molecule has 0 aliphatic heterocycles. The maximum absolute atomic E-state index is 9.42. The van der Waals surface area contributed by atoms with Gasteiger partial charge in [-0.1, -0.05) is 58.0 Å². The van der Waals surface area contributed by atoms with E-state index in [9.17, 15) is 5.26 Å². The molecule has 0 aromatic heterocycles. The zero-order chi connectivity index (χ0) is 14.3. The fourth-order valence-corrected chi connectivity index (χ4v) is 2.42. The average Bonchev–Trinajstić information content (AvgIpc) is 2.35. The molecule has 19 heavy (non-hydrogen) atoms. The van der Waals surface area contributed by atoms with Gasteiger partial charge in [0.1, 0.15) is 0 Å². The summed E-state index contributed by atoms with van der Waals surface area (Å²) in [5, 5.41) is 9.42. The number of hydrogen-bond acceptors (Lipinski definition) is 2. The fourth-order valence-electron chi connectivity index (χ4n) is 2.42. The van der Waals surface area contributed by atoms with Crippen LogP contribution in [0.3, 0.4) is 0 Å². The van der Waals surface area contributed by atoms with E-state index in [1.54, 1.807) is 0 Å². The summed E-state index contributed by atoms with van der Waals surface area (Å²) < 4.78 is 0. The van der Waals surface area contributed by atoms with Gasteiger partial charge in [0, 0.05) is 19.6 Å². The molecule has 0 amide bonds. The van der Waals surface area contributed by atoms with Gasteiger partial charge in [0.25, 0.3) is 0 Å². The summed E-state index contributed by atoms with van der Waals surface area (Å²) in [6, 6.07) is 12.6. The van der Waals surface area contributed by atoms with Crippen LogP contribution in [0.25, 0.3) is 0 Å². The van der Waals surface area contributed by atoms with E-state index in [0.29, 0.717) is 11.8 Å². The number of hydrogen-bond donors (Lipinski definition) is 0. The summed E-state index contributed by atoms with van der Waals surface area (Å²) in [6.45, 7) is 11.9. The first-order valence-electron chi connectivity index (χ1n) is 7.19. The molecule has 0 spiro atoms. The van der Waals surface area contributed by atoms with E-state index in [1.807, 2.05) is 18.2 Å². The highest BCUT2D eigenvalue weighted by molar-refractivity contribution is 5.25. The first kappa shape index (κ1) is 15.7. The Morgan fingerprint density at radius 3 is 1.89 bits per heavy atom. The molecule has 0 aliphatic carbocycles. The Labute approximate surface area is 118 Å². The third-order valence-corrected chi connectivity index (χ3v) is 3.05. The van der Waals surface area contributed by atoms with Gasteiger partial charge in [-0.25, -0.2) is 0 Å². The molecule has 0 saturated carbocycles. The van der Waals surface area contributed by atoms with Gasteiger partial charge in [-0.3, -0.25) is 0 Å². The van der Waals surface area contributed by atoms with E-state index in [4.69, 9.17) is 0 Å². The summed E-state index contributed by atoms with van der Waals surface area (Å²) in [7, 11) is 0. The quantitative estimate of drug-likeness (QED) is 0.741. The van der Waals surface area contributed by atoms with Gasteiger partial charge in [0.2, 0.25) is 0 Å². The fraction of sp³-hybridized carbons (Fsp3) is 0.588. The van der Waals surface area contributed by atoms with Crippen molar-refractivity contribution in [3.8, 4) is 6.07 Å². The van der Waals surface area contributed by atoms with Crippen LogP contribution in [0.4, 0.5) is 0 Å². The maximum Gasteiger partial charge on any atom is 0.0839 e. The van der Waals surface area contributed by atoms with Crippen LogP contribution in [-0.2, 0) is 0 Å². The minimum absolute atomic E-state index is 0.0290. The van der Waals surface area contributed by atoms with Crippen LogP contribution in [0, 0.1) is 23.2 Å². The Kier molecular flexibility index (Phi) is 6.59. The normalized spacial score (nSPS) is 12.9. The monoisotopic (exact) mass is 258 g/mol. The van der Waals surface area contributed by atoms with E-state index < -0.39 is 0 Å². The second kappa shape index (κ2) is 7.96. The Morgan fingerprint density at radius 2 is 1.47 bits per heavy atom. The highest BCUT2D eigenvalue weighted by Gasteiger charge is 2.17. The van der Waals surface area contributed by atoms with Crippen LogP contribution in [-0.4, -0.2) is 24.5 Å². The largest absolute Gasteiger partial charge is 0.301 e. The van der Waals surface area contributed by atoms with E-state index in [2.05, 4.69) is 50.8 Å². The van der Waals surface area contributed by atoms with Crippen molar-refractivity contribution in [1.29, 1.82) is 5.26 Å². The Morgan fingerprint density at radius 1 is 0.947 bits per heavy atom. The van der Waals surface area contributed by atoms with E-state index >= 15 is 0 Å². The molecule has 1 aromatic rings. The number of nitriles is 1. The first-order valence-corrected chi connectivity index (χ1v) is 7.19. The first-order chi connectivity index (χ1) is 9.02.